The van der Waals surface area contributed by atoms with Gasteiger partial charge in [0.2, 0.25) is 5.82 Å². The second-order valence-corrected chi connectivity index (χ2v) is 6.29. The highest BCUT2D eigenvalue weighted by atomic mass is 19.4. The van der Waals surface area contributed by atoms with Crippen molar-refractivity contribution < 1.29 is 17.9 Å². The van der Waals surface area contributed by atoms with Crippen molar-refractivity contribution in [2.24, 2.45) is 0 Å². The highest BCUT2D eigenvalue weighted by molar-refractivity contribution is 5.91. The van der Waals surface area contributed by atoms with Crippen LogP contribution in [-0.2, 0) is 17.5 Å². The number of anilines is 2. The van der Waals surface area contributed by atoms with Crippen LogP contribution in [0.1, 0.15) is 11.4 Å². The molecule has 1 aliphatic rings. The number of nitrogens with one attached hydrogen (secondary N) is 1. The molecule has 1 fully saturated rings. The molecule has 0 spiro atoms. The summed E-state index contributed by atoms with van der Waals surface area (Å²) in [7, 11) is 0. The largest absolute Gasteiger partial charge is 0.451 e. The Morgan fingerprint density at radius 2 is 1.79 bits per heavy atom. The van der Waals surface area contributed by atoms with Crippen molar-refractivity contribution in [3.05, 3.63) is 48.3 Å². The molecule has 4 rings (SSSR count). The summed E-state index contributed by atoms with van der Waals surface area (Å²) in [6.07, 6.45) is -0.788. The number of ether oxygens (including phenoxy) is 1. The van der Waals surface area contributed by atoms with Crippen molar-refractivity contribution in [1.82, 2.24) is 19.9 Å². The number of hydrogen-bond acceptors (Lipinski definition) is 7. The molecule has 0 saturated carbocycles. The van der Waals surface area contributed by atoms with Gasteiger partial charge in [-0.2, -0.15) is 13.2 Å². The monoisotopic (exact) mass is 390 g/mol. The van der Waals surface area contributed by atoms with E-state index >= 15 is 0 Å². The predicted octanol–water partition coefficient (Wildman–Crippen LogP) is 2.89. The molecular weight excluding hydrogens is 373 g/mol. The average Bonchev–Trinajstić information content (AvgIpc) is 2.72. The third-order valence-corrected chi connectivity index (χ3v) is 4.41. The van der Waals surface area contributed by atoms with E-state index in [1.165, 1.54) is 6.33 Å². The maximum Gasteiger partial charge on any atom is 0.451 e. The number of benzene rings is 1. The summed E-state index contributed by atoms with van der Waals surface area (Å²) < 4.78 is 43.1. The Morgan fingerprint density at radius 1 is 1.04 bits per heavy atom. The third-order valence-electron chi connectivity index (χ3n) is 4.41. The molecule has 0 atom stereocenters. The first-order valence-corrected chi connectivity index (χ1v) is 8.70. The molecule has 0 unspecified atom stereocenters. The van der Waals surface area contributed by atoms with Crippen molar-refractivity contribution in [3.8, 4) is 0 Å². The lowest BCUT2D eigenvalue weighted by Crippen LogP contribution is -2.36. The molecule has 0 radical (unpaired) electrons. The van der Waals surface area contributed by atoms with Gasteiger partial charge >= 0.3 is 6.18 Å². The molecule has 146 valence electrons. The molecule has 3 aromatic rings. The fourth-order valence-corrected chi connectivity index (χ4v) is 2.98. The first kappa shape index (κ1) is 18.4. The van der Waals surface area contributed by atoms with Gasteiger partial charge in [-0.1, -0.05) is 0 Å². The van der Waals surface area contributed by atoms with Gasteiger partial charge in [0.15, 0.2) is 0 Å². The smallest absolute Gasteiger partial charge is 0.378 e. The van der Waals surface area contributed by atoms with Crippen LogP contribution in [0.5, 0.6) is 0 Å². The topological polar surface area (TPSA) is 76.1 Å². The summed E-state index contributed by atoms with van der Waals surface area (Å²) in [4.78, 5) is 17.5. The lowest BCUT2D eigenvalue weighted by atomic mass is 10.2. The molecule has 1 saturated heterocycles. The van der Waals surface area contributed by atoms with Gasteiger partial charge in [0.1, 0.15) is 12.1 Å². The molecule has 0 bridgehead atoms. The Morgan fingerprint density at radius 3 is 2.50 bits per heavy atom. The standard InChI is InChI=1S/C18H17F3N6O/c19-18(20,21)17-23-9-12(10-24-17)8-22-16-14-7-13(27-3-5-28-6-4-27)1-2-15(14)25-11-26-16/h1-2,7,9-11H,3-6,8H2,(H,22,25,26). The molecule has 1 N–H and O–H groups in total. The quantitative estimate of drug-likeness (QED) is 0.734. The summed E-state index contributed by atoms with van der Waals surface area (Å²) in [5.74, 6) is -0.557. The zero-order chi connectivity index (χ0) is 19.6. The molecule has 28 heavy (non-hydrogen) atoms. The molecule has 0 aliphatic carbocycles. The Hall–Kier alpha value is -3.01. The molecule has 0 amide bonds. The van der Waals surface area contributed by atoms with Crippen molar-refractivity contribution >= 4 is 22.4 Å². The second kappa shape index (κ2) is 7.55. The van der Waals surface area contributed by atoms with Crippen LogP contribution in [0.25, 0.3) is 10.9 Å². The second-order valence-electron chi connectivity index (χ2n) is 6.29. The van der Waals surface area contributed by atoms with Crippen LogP contribution in [-0.4, -0.2) is 46.2 Å². The highest BCUT2D eigenvalue weighted by Gasteiger charge is 2.34. The van der Waals surface area contributed by atoms with E-state index in [0.29, 0.717) is 24.6 Å². The van der Waals surface area contributed by atoms with Crippen molar-refractivity contribution in [2.75, 3.05) is 36.5 Å². The van der Waals surface area contributed by atoms with Crippen molar-refractivity contribution in [1.29, 1.82) is 0 Å². The first-order valence-electron chi connectivity index (χ1n) is 8.70. The lowest BCUT2D eigenvalue weighted by Gasteiger charge is -2.29. The highest BCUT2D eigenvalue weighted by Crippen LogP contribution is 2.27. The summed E-state index contributed by atoms with van der Waals surface area (Å²) in [6.45, 7) is 3.23. The van der Waals surface area contributed by atoms with Gasteiger partial charge in [-0.15, -0.1) is 0 Å². The SMILES string of the molecule is FC(F)(F)c1ncc(CNc2ncnc3ccc(N4CCOCC4)cc23)cn1. The Bertz CT molecular complexity index is 958. The van der Waals surface area contributed by atoms with E-state index in [-0.39, 0.29) is 6.54 Å². The van der Waals surface area contributed by atoms with Crippen molar-refractivity contribution in [2.45, 2.75) is 12.7 Å². The lowest BCUT2D eigenvalue weighted by molar-refractivity contribution is -0.145. The average molecular weight is 390 g/mol. The number of aromatic nitrogens is 4. The fraction of sp³-hybridized carbons (Fsp3) is 0.333. The Kier molecular flexibility index (Phi) is 4.95. The van der Waals surface area contributed by atoms with Crippen LogP contribution in [0.2, 0.25) is 0 Å². The van der Waals surface area contributed by atoms with Gasteiger partial charge in [0.25, 0.3) is 0 Å². The van der Waals surface area contributed by atoms with Crippen LogP contribution in [0.3, 0.4) is 0 Å². The van der Waals surface area contributed by atoms with Gasteiger partial charge in [-0.05, 0) is 18.2 Å². The number of nitrogens with zero attached hydrogens (tertiary/aromatic N) is 5. The Balaban J connectivity index is 1.54. The minimum atomic E-state index is -4.55. The minimum Gasteiger partial charge on any atom is -0.378 e. The number of fused-ring (bicyclic) bond motifs is 1. The van der Waals surface area contributed by atoms with Crippen LogP contribution in [0.15, 0.2) is 36.9 Å². The zero-order valence-corrected chi connectivity index (χ0v) is 14.8. The number of morpholine rings is 1. The van der Waals surface area contributed by atoms with E-state index in [1.54, 1.807) is 0 Å². The summed E-state index contributed by atoms with van der Waals surface area (Å²) in [6, 6.07) is 5.94. The number of halogens is 3. The van der Waals surface area contributed by atoms with Crippen LogP contribution >= 0.6 is 0 Å². The normalized spacial score (nSPS) is 15.0. The maximum atomic E-state index is 12.6. The fourth-order valence-electron chi connectivity index (χ4n) is 2.98. The molecular formula is C18H17F3N6O. The van der Waals surface area contributed by atoms with Gasteiger partial charge in [0, 0.05) is 48.7 Å². The van der Waals surface area contributed by atoms with Gasteiger partial charge in [-0.3, -0.25) is 0 Å². The van der Waals surface area contributed by atoms with Crippen LogP contribution in [0.4, 0.5) is 24.7 Å². The van der Waals surface area contributed by atoms with E-state index in [2.05, 4.69) is 30.2 Å². The van der Waals surface area contributed by atoms with Gasteiger partial charge in [0.05, 0.1) is 18.7 Å². The zero-order valence-electron chi connectivity index (χ0n) is 14.8. The molecule has 2 aromatic heterocycles. The summed E-state index contributed by atoms with van der Waals surface area (Å²) >= 11 is 0. The molecule has 1 aromatic carbocycles. The van der Waals surface area contributed by atoms with E-state index < -0.39 is 12.0 Å². The Labute approximate surface area is 158 Å². The number of rotatable bonds is 4. The van der Waals surface area contributed by atoms with E-state index in [4.69, 9.17) is 4.74 Å². The van der Waals surface area contributed by atoms with E-state index in [1.807, 2.05) is 18.2 Å². The molecule has 1 aliphatic heterocycles. The number of alkyl halides is 3. The molecule has 10 heteroatoms. The summed E-state index contributed by atoms with van der Waals surface area (Å²) in [5, 5.41) is 3.97. The van der Waals surface area contributed by atoms with E-state index in [0.717, 1.165) is 42.1 Å². The first-order chi connectivity index (χ1) is 13.5. The minimum absolute atomic E-state index is 0.242. The summed E-state index contributed by atoms with van der Waals surface area (Å²) in [5.41, 5.74) is 2.34. The maximum absolute atomic E-state index is 12.6. The molecule has 3 heterocycles. The molecule has 7 nitrogen and oxygen atoms in total. The van der Waals surface area contributed by atoms with Crippen LogP contribution < -0.4 is 10.2 Å². The van der Waals surface area contributed by atoms with Gasteiger partial charge in [-0.25, -0.2) is 19.9 Å². The van der Waals surface area contributed by atoms with Crippen molar-refractivity contribution in [3.63, 3.8) is 0 Å². The van der Waals surface area contributed by atoms with E-state index in [9.17, 15) is 13.2 Å². The van der Waals surface area contributed by atoms with Gasteiger partial charge < -0.3 is 15.0 Å². The van der Waals surface area contributed by atoms with Crippen LogP contribution in [0, 0.1) is 0 Å². The third kappa shape index (κ3) is 3.96. The predicted molar refractivity (Wildman–Crippen MR) is 96.9 cm³/mol. The number of hydrogen-bond donors (Lipinski definition) is 1.